The minimum Gasteiger partial charge on any atom is -0.444 e. The minimum atomic E-state index is -0.582. The summed E-state index contributed by atoms with van der Waals surface area (Å²) >= 11 is 7.27. The Morgan fingerprint density at radius 2 is 1.94 bits per heavy atom. The molecule has 2 aromatic heterocycles. The molecule has 9 heteroatoms. The molecule has 1 saturated carbocycles. The van der Waals surface area contributed by atoms with E-state index in [1.165, 1.54) is 0 Å². The van der Waals surface area contributed by atoms with Gasteiger partial charge < -0.3 is 9.26 Å². The fraction of sp³-hybridized carbons (Fsp3) is 0.538. The fourth-order valence-corrected chi connectivity index (χ4v) is 5.47. The minimum absolute atomic E-state index is 0.323. The van der Waals surface area contributed by atoms with Crippen LogP contribution in [0.3, 0.4) is 0 Å². The molecule has 1 aliphatic heterocycles. The van der Waals surface area contributed by atoms with Crippen molar-refractivity contribution in [3.63, 3.8) is 0 Å². The number of benzene rings is 1. The van der Waals surface area contributed by atoms with Crippen LogP contribution in [0, 0.1) is 13.8 Å². The van der Waals surface area contributed by atoms with Crippen molar-refractivity contribution in [2.45, 2.75) is 89.8 Å². The van der Waals surface area contributed by atoms with Crippen molar-refractivity contribution >= 4 is 17.7 Å². The first-order valence-electron chi connectivity index (χ1n) is 12.2. The topological polar surface area (TPSA) is 86.3 Å². The quantitative estimate of drug-likeness (QED) is 0.409. The molecule has 0 unspecified atom stereocenters. The third-order valence-electron chi connectivity index (χ3n) is 7.18. The van der Waals surface area contributed by atoms with Gasteiger partial charge in [-0.05, 0) is 77.5 Å². The van der Waals surface area contributed by atoms with Gasteiger partial charge in [-0.25, -0.2) is 4.79 Å². The zero-order chi connectivity index (χ0) is 25.0. The average molecular weight is 498 g/mol. The molecule has 0 spiro atoms. The lowest BCUT2D eigenvalue weighted by Crippen LogP contribution is -2.36. The summed E-state index contributed by atoms with van der Waals surface area (Å²) < 4.78 is 13.0. The molecule has 3 aromatic rings. The van der Waals surface area contributed by atoms with Crippen LogP contribution in [0.2, 0.25) is 0 Å². The van der Waals surface area contributed by atoms with Gasteiger partial charge in [-0.2, -0.15) is 0 Å². The van der Waals surface area contributed by atoms with Gasteiger partial charge in [-0.3, -0.25) is 9.47 Å². The first-order chi connectivity index (χ1) is 16.5. The Bertz CT molecular complexity index is 1250. The van der Waals surface area contributed by atoms with Gasteiger partial charge in [0, 0.05) is 11.5 Å². The molecule has 8 nitrogen and oxygen atoms in total. The first kappa shape index (κ1) is 23.9. The molecule has 0 saturated heterocycles. The van der Waals surface area contributed by atoms with E-state index in [9.17, 15) is 4.79 Å². The lowest BCUT2D eigenvalue weighted by atomic mass is 9.76. The maximum atomic E-state index is 13.0. The summed E-state index contributed by atoms with van der Waals surface area (Å²) in [6.45, 7) is 10.4. The first-order valence-corrected chi connectivity index (χ1v) is 12.5. The van der Waals surface area contributed by atoms with Gasteiger partial charge in [0.2, 0.25) is 0 Å². The van der Waals surface area contributed by atoms with Crippen LogP contribution in [0.15, 0.2) is 29.0 Å². The molecular formula is C26H32ClN5O3. The second-order valence-corrected chi connectivity index (χ2v) is 11.5. The Morgan fingerprint density at radius 3 is 2.60 bits per heavy atom. The number of carbonyl (C=O) groups excluding carboxylic acids is 1. The Morgan fingerprint density at radius 1 is 1.20 bits per heavy atom. The van der Waals surface area contributed by atoms with Crippen LogP contribution in [-0.2, 0) is 22.7 Å². The summed E-state index contributed by atoms with van der Waals surface area (Å²) in [4.78, 5) is 14.2. The molecule has 3 heterocycles. The van der Waals surface area contributed by atoms with E-state index in [0.717, 1.165) is 59.5 Å². The van der Waals surface area contributed by atoms with Crippen molar-refractivity contribution in [1.29, 1.82) is 0 Å². The molecule has 1 aromatic carbocycles. The van der Waals surface area contributed by atoms with Crippen molar-refractivity contribution in [1.82, 2.24) is 24.8 Å². The van der Waals surface area contributed by atoms with Crippen molar-refractivity contribution < 1.29 is 14.1 Å². The van der Waals surface area contributed by atoms with Gasteiger partial charge in [-0.1, -0.05) is 17.3 Å². The summed E-state index contributed by atoms with van der Waals surface area (Å²) in [5.41, 5.74) is 4.66. The number of alkyl halides is 1. The molecule has 0 atom stereocenters. The molecule has 1 aliphatic carbocycles. The summed E-state index contributed by atoms with van der Waals surface area (Å²) in [6.07, 6.45) is 4.91. The number of hydrogen-bond donors (Lipinski definition) is 0. The van der Waals surface area contributed by atoms with Gasteiger partial charge in [-0.15, -0.1) is 21.8 Å². The number of carbonyl (C=O) groups is 1. The van der Waals surface area contributed by atoms with E-state index in [1.54, 1.807) is 11.2 Å². The SMILES string of the molecule is Cc1onc(C2CCC(Cl)(c3ccc4c(c3)CN(C(=O)OC(C)(C)C)Cc3nncn3-4)CC2)c1C. The van der Waals surface area contributed by atoms with Gasteiger partial charge in [0.05, 0.1) is 29.3 Å². The summed E-state index contributed by atoms with van der Waals surface area (Å²) in [7, 11) is 0. The normalized spacial score (nSPS) is 22.3. The van der Waals surface area contributed by atoms with E-state index in [0.29, 0.717) is 24.8 Å². The fourth-order valence-electron chi connectivity index (χ4n) is 5.13. The van der Waals surface area contributed by atoms with E-state index in [2.05, 4.69) is 40.5 Å². The summed E-state index contributed by atoms with van der Waals surface area (Å²) in [5, 5.41) is 12.6. The highest BCUT2D eigenvalue weighted by Gasteiger charge is 2.38. The Hall–Kier alpha value is -2.87. The third-order valence-corrected chi connectivity index (χ3v) is 7.77. The number of nitrogens with zero attached hydrogens (tertiary/aromatic N) is 5. The highest BCUT2D eigenvalue weighted by atomic mass is 35.5. The predicted octanol–water partition coefficient (Wildman–Crippen LogP) is 5.91. The van der Waals surface area contributed by atoms with E-state index in [-0.39, 0.29) is 6.09 Å². The number of hydrogen-bond acceptors (Lipinski definition) is 6. The zero-order valence-corrected chi connectivity index (χ0v) is 21.7. The largest absolute Gasteiger partial charge is 0.444 e. The lowest BCUT2D eigenvalue weighted by Gasteiger charge is -2.36. The van der Waals surface area contributed by atoms with Crippen LogP contribution in [0.1, 0.15) is 86.3 Å². The molecule has 0 N–H and O–H groups in total. The second-order valence-electron chi connectivity index (χ2n) is 10.8. The van der Waals surface area contributed by atoms with Crippen molar-refractivity contribution in [3.05, 3.63) is 58.5 Å². The van der Waals surface area contributed by atoms with Crippen molar-refractivity contribution in [3.8, 4) is 5.69 Å². The number of halogens is 1. The van der Waals surface area contributed by atoms with E-state index < -0.39 is 10.5 Å². The molecular weight excluding hydrogens is 466 g/mol. The molecule has 5 rings (SSSR count). The maximum absolute atomic E-state index is 13.0. The van der Waals surface area contributed by atoms with Crippen LogP contribution >= 0.6 is 11.6 Å². The van der Waals surface area contributed by atoms with Crippen LogP contribution < -0.4 is 0 Å². The second kappa shape index (κ2) is 8.66. The van der Waals surface area contributed by atoms with Gasteiger partial charge in [0.15, 0.2) is 5.82 Å². The number of aryl methyl sites for hydroxylation is 1. The third kappa shape index (κ3) is 4.56. The molecule has 186 valence electrons. The van der Waals surface area contributed by atoms with Crippen molar-refractivity contribution in [2.24, 2.45) is 0 Å². The Kier molecular flexibility index (Phi) is 5.90. The highest BCUT2D eigenvalue weighted by molar-refractivity contribution is 6.24. The molecule has 1 fully saturated rings. The van der Waals surface area contributed by atoms with Crippen LogP contribution in [0.25, 0.3) is 5.69 Å². The van der Waals surface area contributed by atoms with Gasteiger partial charge in [0.1, 0.15) is 17.7 Å². The monoisotopic (exact) mass is 497 g/mol. The number of fused-ring (bicyclic) bond motifs is 3. The van der Waals surface area contributed by atoms with Gasteiger partial charge in [0.25, 0.3) is 0 Å². The molecule has 1 amide bonds. The number of rotatable bonds is 2. The molecule has 35 heavy (non-hydrogen) atoms. The Labute approximate surface area is 210 Å². The van der Waals surface area contributed by atoms with Gasteiger partial charge >= 0.3 is 6.09 Å². The van der Waals surface area contributed by atoms with Crippen LogP contribution in [-0.4, -0.2) is 36.5 Å². The molecule has 2 aliphatic rings. The predicted molar refractivity (Wildman–Crippen MR) is 132 cm³/mol. The van der Waals surface area contributed by atoms with E-state index in [4.69, 9.17) is 20.9 Å². The van der Waals surface area contributed by atoms with E-state index >= 15 is 0 Å². The standard InChI is InChI=1S/C26H32ClN5O3/c1-16-17(2)35-30-23(16)18-8-10-26(27,11-9-18)20-6-7-21-19(12-20)13-31(24(33)34-25(3,4)5)14-22-29-28-15-32(21)22/h6-7,12,15,18H,8-11,13-14H2,1-5H3. The lowest BCUT2D eigenvalue weighted by molar-refractivity contribution is 0.0214. The molecule has 0 radical (unpaired) electrons. The van der Waals surface area contributed by atoms with E-state index in [1.807, 2.05) is 32.3 Å². The maximum Gasteiger partial charge on any atom is 0.411 e. The Balaban J connectivity index is 1.42. The number of amides is 1. The zero-order valence-electron chi connectivity index (χ0n) is 21.0. The number of ether oxygens (including phenoxy) is 1. The average Bonchev–Trinajstić information content (AvgIpc) is 3.35. The summed E-state index contributed by atoms with van der Waals surface area (Å²) in [5.74, 6) is 1.94. The smallest absolute Gasteiger partial charge is 0.411 e. The van der Waals surface area contributed by atoms with Crippen LogP contribution in [0.4, 0.5) is 4.79 Å². The van der Waals surface area contributed by atoms with Crippen LogP contribution in [0.5, 0.6) is 0 Å². The van der Waals surface area contributed by atoms with Crippen molar-refractivity contribution in [2.75, 3.05) is 0 Å². The molecule has 0 bridgehead atoms. The summed E-state index contributed by atoms with van der Waals surface area (Å²) in [6, 6.07) is 6.31. The number of aromatic nitrogens is 4. The highest BCUT2D eigenvalue weighted by Crippen LogP contribution is 2.48.